The number of phenolic OH excluding ortho intramolecular Hbond substituents is 1. The fourth-order valence-electron chi connectivity index (χ4n) is 4.02. The van der Waals surface area contributed by atoms with Crippen molar-refractivity contribution in [3.63, 3.8) is 0 Å². The maximum Gasteiger partial charge on any atom is 0.160 e. The van der Waals surface area contributed by atoms with Crippen LogP contribution in [0.4, 0.5) is 0 Å². The third-order valence-corrected chi connectivity index (χ3v) is 6.49. The van der Waals surface area contributed by atoms with Gasteiger partial charge in [-0.1, -0.05) is 62.4 Å². The summed E-state index contributed by atoms with van der Waals surface area (Å²) in [6, 6.07) is 23.9. The molecule has 0 spiro atoms. The molecule has 3 aromatic carbocycles. The normalized spacial score (nSPS) is 13.0. The van der Waals surface area contributed by atoms with Crippen LogP contribution in [-0.2, 0) is 0 Å². The van der Waals surface area contributed by atoms with Gasteiger partial charge in [0.05, 0.1) is 12.5 Å². The quantitative estimate of drug-likeness (QED) is 0.304. The number of methoxy groups -OCH3 is 1. The lowest BCUT2D eigenvalue weighted by Gasteiger charge is -2.22. The second kappa shape index (κ2) is 12.5. The molecule has 0 radical (unpaired) electrons. The number of ether oxygens (including phenoxy) is 2. The van der Waals surface area contributed by atoms with E-state index in [2.05, 4.69) is 30.9 Å². The second-order valence-electron chi connectivity index (χ2n) is 8.04. The fourth-order valence-corrected chi connectivity index (χ4v) is 4.35. The minimum atomic E-state index is -0.162. The number of rotatable bonds is 12. The maximum atomic E-state index is 10.4. The molecule has 2 unspecified atom stereocenters. The first-order valence-corrected chi connectivity index (χ1v) is 12.0. The third-order valence-electron chi connectivity index (χ3n) is 6.06. The highest BCUT2D eigenvalue weighted by Gasteiger charge is 2.21. The zero-order valence-corrected chi connectivity index (χ0v) is 20.5. The summed E-state index contributed by atoms with van der Waals surface area (Å²) in [5.41, 5.74) is 3.19. The number of alkyl halides is 1. The van der Waals surface area contributed by atoms with Gasteiger partial charge in [-0.3, -0.25) is 0 Å². The molecule has 0 fully saturated rings. The van der Waals surface area contributed by atoms with Crippen molar-refractivity contribution in [3.05, 3.63) is 89.5 Å². The number of nitrogens with zero attached hydrogens (tertiary/aromatic N) is 1. The van der Waals surface area contributed by atoms with Gasteiger partial charge in [-0.15, -0.1) is 11.6 Å². The molecular weight excluding hydrogens is 434 g/mol. The molecule has 0 amide bonds. The highest BCUT2D eigenvalue weighted by molar-refractivity contribution is 6.20. The Bertz CT molecular complexity index is 974. The minimum absolute atomic E-state index is 0.00855. The summed E-state index contributed by atoms with van der Waals surface area (Å²) in [6.07, 6.45) is 0.694. The number of halogens is 1. The van der Waals surface area contributed by atoms with Crippen molar-refractivity contribution >= 4 is 11.6 Å². The summed E-state index contributed by atoms with van der Waals surface area (Å²) in [6.45, 7) is 7.94. The van der Waals surface area contributed by atoms with Crippen molar-refractivity contribution in [3.8, 4) is 17.2 Å². The number of hydrogen-bond donors (Lipinski definition) is 1. The van der Waals surface area contributed by atoms with Crippen molar-refractivity contribution in [2.24, 2.45) is 0 Å². The number of aromatic hydroxyl groups is 1. The molecule has 4 nitrogen and oxygen atoms in total. The zero-order chi connectivity index (χ0) is 23.6. The van der Waals surface area contributed by atoms with E-state index >= 15 is 0 Å². The third kappa shape index (κ3) is 6.89. The van der Waals surface area contributed by atoms with Crippen LogP contribution in [0.5, 0.6) is 17.2 Å². The molecule has 0 saturated heterocycles. The monoisotopic (exact) mass is 467 g/mol. The molecule has 176 valence electrons. The van der Waals surface area contributed by atoms with Crippen LogP contribution in [-0.4, -0.2) is 43.4 Å². The lowest BCUT2D eigenvalue weighted by atomic mass is 9.86. The summed E-state index contributed by atoms with van der Waals surface area (Å²) < 4.78 is 11.2. The van der Waals surface area contributed by atoms with Gasteiger partial charge < -0.3 is 19.5 Å². The summed E-state index contributed by atoms with van der Waals surface area (Å²) in [4.78, 5) is 2.34. The Morgan fingerprint density at radius 1 is 0.879 bits per heavy atom. The minimum Gasteiger partial charge on any atom is -0.504 e. The van der Waals surface area contributed by atoms with Gasteiger partial charge in [0.25, 0.3) is 0 Å². The van der Waals surface area contributed by atoms with Crippen molar-refractivity contribution in [2.45, 2.75) is 31.6 Å². The number of likely N-dealkylation sites (N-methyl/N-ethyl adjacent to an activating group) is 1. The fraction of sp³-hybridized carbons (Fsp3) is 0.357. The summed E-state index contributed by atoms with van der Waals surface area (Å²) in [7, 11) is 1.55. The van der Waals surface area contributed by atoms with Gasteiger partial charge in [0, 0.05) is 12.5 Å². The molecule has 0 bridgehead atoms. The number of phenols is 1. The van der Waals surface area contributed by atoms with Crippen LogP contribution >= 0.6 is 11.6 Å². The van der Waals surface area contributed by atoms with Crippen LogP contribution in [0.2, 0.25) is 0 Å². The van der Waals surface area contributed by atoms with Crippen LogP contribution in [0, 0.1) is 0 Å². The Labute approximate surface area is 202 Å². The second-order valence-corrected chi connectivity index (χ2v) is 8.57. The largest absolute Gasteiger partial charge is 0.504 e. The van der Waals surface area contributed by atoms with E-state index < -0.39 is 0 Å². The molecule has 0 saturated carbocycles. The topological polar surface area (TPSA) is 41.9 Å². The van der Waals surface area contributed by atoms with Crippen LogP contribution in [0.25, 0.3) is 0 Å². The Hall–Kier alpha value is -2.69. The van der Waals surface area contributed by atoms with E-state index in [1.54, 1.807) is 19.2 Å². The van der Waals surface area contributed by atoms with Gasteiger partial charge in [0.1, 0.15) is 12.4 Å². The molecule has 2 atom stereocenters. The molecule has 33 heavy (non-hydrogen) atoms. The van der Waals surface area contributed by atoms with Gasteiger partial charge in [0.2, 0.25) is 0 Å². The molecule has 5 heteroatoms. The van der Waals surface area contributed by atoms with E-state index in [-0.39, 0.29) is 17.0 Å². The van der Waals surface area contributed by atoms with Crippen LogP contribution in [0.3, 0.4) is 0 Å². The number of benzene rings is 3. The molecule has 0 heterocycles. The van der Waals surface area contributed by atoms with E-state index in [4.69, 9.17) is 21.1 Å². The zero-order valence-electron chi connectivity index (χ0n) is 19.7. The molecule has 0 aromatic heterocycles. The highest BCUT2D eigenvalue weighted by atomic mass is 35.5. The average Bonchev–Trinajstić information content (AvgIpc) is 2.86. The average molecular weight is 468 g/mol. The number of hydrogen-bond acceptors (Lipinski definition) is 4. The first kappa shape index (κ1) is 24.9. The van der Waals surface area contributed by atoms with Gasteiger partial charge >= 0.3 is 0 Å². The first-order chi connectivity index (χ1) is 16.0. The molecule has 1 N–H and O–H groups in total. The van der Waals surface area contributed by atoms with E-state index in [1.165, 1.54) is 0 Å². The SMILES string of the molecule is CCN(CC)CCOc1ccc(C(CC(Cl)c2ccccc2)c2ccc(OC)c(O)c2)cc1. The van der Waals surface area contributed by atoms with Crippen molar-refractivity contribution in [2.75, 3.05) is 33.4 Å². The molecule has 3 rings (SSSR count). The predicted octanol–water partition coefficient (Wildman–Crippen LogP) is 6.62. The van der Waals surface area contributed by atoms with E-state index in [9.17, 15) is 5.11 Å². The molecule has 0 aliphatic rings. The molecule has 0 aliphatic carbocycles. The van der Waals surface area contributed by atoms with Gasteiger partial charge in [0.15, 0.2) is 11.5 Å². The Balaban J connectivity index is 1.80. The maximum absolute atomic E-state index is 10.4. The van der Waals surface area contributed by atoms with Gasteiger partial charge in [-0.25, -0.2) is 0 Å². The lowest BCUT2D eigenvalue weighted by molar-refractivity contribution is 0.223. The van der Waals surface area contributed by atoms with Crippen LogP contribution in [0.15, 0.2) is 72.8 Å². The van der Waals surface area contributed by atoms with Crippen LogP contribution < -0.4 is 9.47 Å². The predicted molar refractivity (Wildman–Crippen MR) is 136 cm³/mol. The van der Waals surface area contributed by atoms with E-state index in [0.717, 1.165) is 42.1 Å². The summed E-state index contributed by atoms with van der Waals surface area (Å²) in [5.74, 6) is 1.45. The first-order valence-electron chi connectivity index (χ1n) is 11.6. The van der Waals surface area contributed by atoms with Gasteiger partial charge in [-0.05, 0) is 60.5 Å². The Morgan fingerprint density at radius 3 is 2.15 bits per heavy atom. The highest BCUT2D eigenvalue weighted by Crippen LogP contribution is 2.40. The standard InChI is InChI=1S/C28H34ClNO3/c1-4-30(5-2)17-18-33-24-14-11-21(12-15-24)25(20-26(29)22-9-7-6-8-10-22)23-13-16-28(32-3)27(31)19-23/h6-16,19,25-26,31H,4-5,17-18,20H2,1-3H3. The van der Waals surface area contributed by atoms with Crippen molar-refractivity contribution in [1.82, 2.24) is 4.90 Å². The molecular formula is C28H34ClNO3. The van der Waals surface area contributed by atoms with Crippen molar-refractivity contribution in [1.29, 1.82) is 0 Å². The summed E-state index contributed by atoms with van der Waals surface area (Å²) >= 11 is 6.84. The van der Waals surface area contributed by atoms with E-state index in [1.807, 2.05) is 48.5 Å². The smallest absolute Gasteiger partial charge is 0.160 e. The molecule has 3 aromatic rings. The lowest BCUT2D eigenvalue weighted by Crippen LogP contribution is -2.27. The summed E-state index contributed by atoms with van der Waals surface area (Å²) in [5, 5.41) is 10.2. The van der Waals surface area contributed by atoms with Gasteiger partial charge in [-0.2, -0.15) is 0 Å². The van der Waals surface area contributed by atoms with Crippen molar-refractivity contribution < 1.29 is 14.6 Å². The molecule has 0 aliphatic heterocycles. The van der Waals surface area contributed by atoms with Crippen LogP contribution in [0.1, 0.15) is 48.3 Å². The van der Waals surface area contributed by atoms with E-state index in [0.29, 0.717) is 18.8 Å². The Morgan fingerprint density at radius 2 is 1.55 bits per heavy atom. The Kier molecular flexibility index (Phi) is 9.47.